The van der Waals surface area contributed by atoms with Crippen LogP contribution in [0.2, 0.25) is 0 Å². The molecule has 0 spiro atoms. The van der Waals surface area contributed by atoms with Crippen LogP contribution in [0.5, 0.6) is 11.5 Å². The van der Waals surface area contributed by atoms with Crippen LogP contribution in [0.15, 0.2) is 54.6 Å². The third kappa shape index (κ3) is 5.84. The highest BCUT2D eigenvalue weighted by atomic mass is 16.5. The monoisotopic (exact) mass is 342 g/mol. The predicted molar refractivity (Wildman–Crippen MR) is 94.4 cm³/mol. The molecule has 0 aliphatic carbocycles. The average molecular weight is 342 g/mol. The van der Waals surface area contributed by atoms with Crippen LogP contribution in [0.3, 0.4) is 0 Å². The molecule has 0 saturated heterocycles. The number of para-hydroxylation sites is 2. The van der Waals surface area contributed by atoms with Crippen molar-refractivity contribution < 1.29 is 19.1 Å². The van der Waals surface area contributed by atoms with Gasteiger partial charge in [0.25, 0.3) is 5.91 Å². The molecule has 0 aliphatic heterocycles. The molecule has 0 aromatic heterocycles. The first-order valence-electron chi connectivity index (χ1n) is 7.90. The SMILES string of the molecule is COc1ccccc1OCC(=O)NCC(=O)N(C)Cc1ccccc1. The lowest BCUT2D eigenvalue weighted by Crippen LogP contribution is -2.39. The van der Waals surface area contributed by atoms with Gasteiger partial charge in [0.15, 0.2) is 18.1 Å². The molecule has 0 heterocycles. The van der Waals surface area contributed by atoms with Gasteiger partial charge in [-0.15, -0.1) is 0 Å². The van der Waals surface area contributed by atoms with Gasteiger partial charge in [-0.3, -0.25) is 9.59 Å². The van der Waals surface area contributed by atoms with Gasteiger partial charge in [0.1, 0.15) is 0 Å². The minimum atomic E-state index is -0.368. The molecule has 0 radical (unpaired) electrons. The molecule has 6 heteroatoms. The average Bonchev–Trinajstić information content (AvgIpc) is 2.65. The quantitative estimate of drug-likeness (QED) is 0.795. The van der Waals surface area contributed by atoms with Gasteiger partial charge in [0.05, 0.1) is 13.7 Å². The fourth-order valence-electron chi connectivity index (χ4n) is 2.19. The van der Waals surface area contributed by atoms with Gasteiger partial charge < -0.3 is 19.7 Å². The number of methoxy groups -OCH3 is 1. The Labute approximate surface area is 147 Å². The molecule has 0 atom stereocenters. The highest BCUT2D eigenvalue weighted by Crippen LogP contribution is 2.25. The fraction of sp³-hybridized carbons (Fsp3) is 0.263. The number of amides is 2. The van der Waals surface area contributed by atoms with E-state index in [1.807, 2.05) is 36.4 Å². The third-order valence-electron chi connectivity index (χ3n) is 3.55. The Morgan fingerprint density at radius 2 is 1.64 bits per heavy atom. The third-order valence-corrected chi connectivity index (χ3v) is 3.55. The smallest absolute Gasteiger partial charge is 0.258 e. The maximum Gasteiger partial charge on any atom is 0.258 e. The number of carbonyl (C=O) groups is 2. The number of benzene rings is 2. The van der Waals surface area contributed by atoms with Crippen LogP contribution in [0.4, 0.5) is 0 Å². The predicted octanol–water partition coefficient (Wildman–Crippen LogP) is 1.85. The van der Waals surface area contributed by atoms with Crippen molar-refractivity contribution in [3.63, 3.8) is 0 Å². The molecule has 132 valence electrons. The van der Waals surface area contributed by atoms with E-state index in [-0.39, 0.29) is 25.0 Å². The summed E-state index contributed by atoms with van der Waals surface area (Å²) >= 11 is 0. The number of rotatable bonds is 8. The van der Waals surface area contributed by atoms with E-state index in [0.717, 1.165) is 5.56 Å². The van der Waals surface area contributed by atoms with Crippen LogP contribution in [0, 0.1) is 0 Å². The van der Waals surface area contributed by atoms with Crippen molar-refractivity contribution >= 4 is 11.8 Å². The first kappa shape index (κ1) is 18.3. The van der Waals surface area contributed by atoms with Crippen LogP contribution in [-0.2, 0) is 16.1 Å². The minimum Gasteiger partial charge on any atom is -0.493 e. The zero-order chi connectivity index (χ0) is 18.1. The Balaban J connectivity index is 1.74. The summed E-state index contributed by atoms with van der Waals surface area (Å²) in [6, 6.07) is 16.7. The summed E-state index contributed by atoms with van der Waals surface area (Å²) in [6.45, 7) is 0.237. The van der Waals surface area contributed by atoms with Crippen molar-refractivity contribution in [2.24, 2.45) is 0 Å². The summed E-state index contributed by atoms with van der Waals surface area (Å²) in [6.07, 6.45) is 0. The van der Waals surface area contributed by atoms with E-state index >= 15 is 0 Å². The van der Waals surface area contributed by atoms with Crippen molar-refractivity contribution in [3.8, 4) is 11.5 Å². The lowest BCUT2D eigenvalue weighted by molar-refractivity contribution is -0.132. The first-order chi connectivity index (χ1) is 12.1. The van der Waals surface area contributed by atoms with Crippen LogP contribution < -0.4 is 14.8 Å². The molecule has 0 unspecified atom stereocenters. The summed E-state index contributed by atoms with van der Waals surface area (Å²) in [4.78, 5) is 25.5. The molecule has 0 fully saturated rings. The van der Waals surface area contributed by atoms with Crippen LogP contribution in [0.25, 0.3) is 0 Å². The second-order valence-electron chi connectivity index (χ2n) is 5.45. The number of ether oxygens (including phenoxy) is 2. The first-order valence-corrected chi connectivity index (χ1v) is 7.90. The number of nitrogens with one attached hydrogen (secondary N) is 1. The van der Waals surface area contributed by atoms with Gasteiger partial charge >= 0.3 is 0 Å². The van der Waals surface area contributed by atoms with Crippen LogP contribution >= 0.6 is 0 Å². The van der Waals surface area contributed by atoms with E-state index < -0.39 is 0 Å². The largest absolute Gasteiger partial charge is 0.493 e. The lowest BCUT2D eigenvalue weighted by atomic mass is 10.2. The summed E-state index contributed by atoms with van der Waals surface area (Å²) in [5.41, 5.74) is 1.03. The number of hydrogen-bond acceptors (Lipinski definition) is 4. The maximum atomic E-state index is 12.1. The standard InChI is InChI=1S/C19H22N2O4/c1-21(13-15-8-4-3-5-9-15)19(23)12-20-18(22)14-25-17-11-7-6-10-16(17)24-2/h3-11H,12-14H2,1-2H3,(H,20,22). The second-order valence-corrected chi connectivity index (χ2v) is 5.45. The molecule has 25 heavy (non-hydrogen) atoms. The number of carbonyl (C=O) groups excluding carboxylic acids is 2. The molecule has 6 nitrogen and oxygen atoms in total. The molecular weight excluding hydrogens is 320 g/mol. The van der Waals surface area contributed by atoms with E-state index in [2.05, 4.69) is 5.32 Å². The van der Waals surface area contributed by atoms with E-state index in [1.54, 1.807) is 30.1 Å². The number of hydrogen-bond donors (Lipinski definition) is 1. The zero-order valence-electron chi connectivity index (χ0n) is 14.4. The Bertz CT molecular complexity index is 704. The van der Waals surface area contributed by atoms with Gasteiger partial charge in [-0.05, 0) is 17.7 Å². The summed E-state index contributed by atoms with van der Waals surface area (Å²) in [5.74, 6) is 0.489. The van der Waals surface area contributed by atoms with Gasteiger partial charge in [0.2, 0.25) is 5.91 Å². The van der Waals surface area contributed by atoms with E-state index in [1.165, 1.54) is 7.11 Å². The van der Waals surface area contributed by atoms with E-state index in [4.69, 9.17) is 9.47 Å². The Hall–Kier alpha value is -3.02. The van der Waals surface area contributed by atoms with Crippen LogP contribution in [0.1, 0.15) is 5.56 Å². The van der Waals surface area contributed by atoms with E-state index in [9.17, 15) is 9.59 Å². The van der Waals surface area contributed by atoms with Gasteiger partial charge in [-0.25, -0.2) is 0 Å². The molecule has 0 saturated carbocycles. The Morgan fingerprint density at radius 1 is 1.00 bits per heavy atom. The van der Waals surface area contributed by atoms with Crippen molar-refractivity contribution in [3.05, 3.63) is 60.2 Å². The molecular formula is C19H22N2O4. The normalized spacial score (nSPS) is 10.0. The molecule has 2 aromatic carbocycles. The van der Waals surface area contributed by atoms with Crippen LogP contribution in [-0.4, -0.2) is 44.0 Å². The molecule has 2 aromatic rings. The zero-order valence-corrected chi connectivity index (χ0v) is 14.4. The van der Waals surface area contributed by atoms with Crippen molar-refractivity contribution in [2.75, 3.05) is 27.3 Å². The summed E-state index contributed by atoms with van der Waals surface area (Å²) in [7, 11) is 3.23. The second kappa shape index (κ2) is 9.32. The van der Waals surface area contributed by atoms with Gasteiger partial charge in [-0.1, -0.05) is 42.5 Å². The molecule has 0 bridgehead atoms. The van der Waals surface area contributed by atoms with Crippen molar-refractivity contribution in [1.82, 2.24) is 10.2 Å². The Morgan fingerprint density at radius 3 is 2.32 bits per heavy atom. The number of nitrogens with zero attached hydrogens (tertiary/aromatic N) is 1. The van der Waals surface area contributed by atoms with Gasteiger partial charge in [-0.2, -0.15) is 0 Å². The maximum absolute atomic E-state index is 12.1. The topological polar surface area (TPSA) is 67.9 Å². The minimum absolute atomic E-state index is 0.0720. The highest BCUT2D eigenvalue weighted by molar-refractivity contribution is 5.85. The van der Waals surface area contributed by atoms with Crippen molar-refractivity contribution in [1.29, 1.82) is 0 Å². The fourth-order valence-corrected chi connectivity index (χ4v) is 2.19. The lowest BCUT2D eigenvalue weighted by Gasteiger charge is -2.17. The summed E-state index contributed by atoms with van der Waals surface area (Å²) < 4.78 is 10.6. The molecule has 1 N–H and O–H groups in total. The molecule has 2 rings (SSSR count). The van der Waals surface area contributed by atoms with E-state index in [0.29, 0.717) is 18.0 Å². The molecule has 0 aliphatic rings. The Kier molecular flexibility index (Phi) is 6.83. The summed E-state index contributed by atoms with van der Waals surface area (Å²) in [5, 5.41) is 2.56. The molecule has 2 amide bonds. The highest BCUT2D eigenvalue weighted by Gasteiger charge is 2.12. The van der Waals surface area contributed by atoms with Gasteiger partial charge in [0, 0.05) is 13.6 Å². The van der Waals surface area contributed by atoms with Crippen molar-refractivity contribution in [2.45, 2.75) is 6.54 Å². The number of likely N-dealkylation sites (N-methyl/N-ethyl adjacent to an activating group) is 1.